The Balaban J connectivity index is 3.37. The molecule has 1 aromatic carbocycles. The van der Waals surface area contributed by atoms with Gasteiger partial charge in [0.15, 0.2) is 5.54 Å². The summed E-state index contributed by atoms with van der Waals surface area (Å²) in [4.78, 5) is 0. The topological polar surface area (TPSA) is 49.3 Å². The highest BCUT2D eigenvalue weighted by molar-refractivity contribution is 7.84. The molecule has 0 spiro atoms. The number of benzene rings is 1. The maximum Gasteiger partial charge on any atom is 0.411 e. The number of halogens is 3. The molecular weight excluding hydrogens is 315 g/mol. The van der Waals surface area contributed by atoms with Gasteiger partial charge in [0, 0.05) is 6.61 Å². The van der Waals surface area contributed by atoms with Crippen LogP contribution >= 0.6 is 0 Å². The predicted molar refractivity (Wildman–Crippen MR) is 81.5 cm³/mol. The third-order valence-electron chi connectivity index (χ3n) is 3.28. The van der Waals surface area contributed by atoms with Gasteiger partial charge in [-0.3, -0.25) is 0 Å². The van der Waals surface area contributed by atoms with Crippen molar-refractivity contribution < 1.29 is 22.5 Å². The van der Waals surface area contributed by atoms with Gasteiger partial charge in [-0.05, 0) is 39.2 Å². The molecule has 0 heterocycles. The highest BCUT2D eigenvalue weighted by atomic mass is 32.2. The van der Waals surface area contributed by atoms with Crippen LogP contribution in [0.25, 0.3) is 0 Å². The lowest BCUT2D eigenvalue weighted by molar-refractivity contribution is -0.197. The first-order valence-electron chi connectivity index (χ1n) is 6.97. The first kappa shape index (κ1) is 19.1. The first-order valence-corrected chi connectivity index (χ1v) is 8.12. The average molecular weight is 337 g/mol. The van der Waals surface area contributed by atoms with Crippen LogP contribution in [0.4, 0.5) is 13.2 Å². The zero-order chi connectivity index (χ0) is 17.0. The Morgan fingerprint density at radius 3 is 2.09 bits per heavy atom. The fourth-order valence-corrected chi connectivity index (χ4v) is 2.95. The zero-order valence-electron chi connectivity index (χ0n) is 12.9. The molecule has 0 bridgehead atoms. The Bertz CT molecular complexity index is 500. The van der Waals surface area contributed by atoms with Crippen LogP contribution in [0, 0.1) is 0 Å². The maximum atomic E-state index is 13.9. The average Bonchev–Trinajstić information content (AvgIpc) is 2.41. The second-order valence-electron chi connectivity index (χ2n) is 6.08. The van der Waals surface area contributed by atoms with Gasteiger partial charge in [-0.2, -0.15) is 13.2 Å². The fourth-order valence-electron chi connectivity index (χ4n) is 2.00. The lowest BCUT2D eigenvalue weighted by atomic mass is 9.86. The third kappa shape index (κ3) is 4.30. The summed E-state index contributed by atoms with van der Waals surface area (Å²) in [6, 6.07) is 7.36. The Labute approximate surface area is 131 Å². The Hall–Kier alpha value is -0.920. The molecule has 2 N–H and O–H groups in total. The van der Waals surface area contributed by atoms with E-state index in [1.54, 1.807) is 26.8 Å². The molecule has 3 nitrogen and oxygen atoms in total. The summed E-state index contributed by atoms with van der Waals surface area (Å²) in [5.41, 5.74) is -2.46. The summed E-state index contributed by atoms with van der Waals surface area (Å²) >= 11 is 0. The van der Waals surface area contributed by atoms with E-state index >= 15 is 0 Å². The van der Waals surface area contributed by atoms with E-state index in [2.05, 4.69) is 4.72 Å². The van der Waals surface area contributed by atoms with Crippen LogP contribution in [0.5, 0.6) is 0 Å². The molecule has 0 aromatic heterocycles. The number of nitrogens with one attached hydrogen (secondary N) is 1. The summed E-state index contributed by atoms with van der Waals surface area (Å²) < 4.78 is 55.3. The molecule has 0 saturated heterocycles. The van der Waals surface area contributed by atoms with Crippen LogP contribution in [0.15, 0.2) is 30.3 Å². The summed E-state index contributed by atoms with van der Waals surface area (Å²) in [5.74, 6) is 0. The van der Waals surface area contributed by atoms with E-state index < -0.39 is 33.9 Å². The Morgan fingerprint density at radius 2 is 1.68 bits per heavy atom. The molecule has 0 aliphatic carbocycles. The van der Waals surface area contributed by atoms with E-state index in [-0.39, 0.29) is 18.6 Å². The summed E-state index contributed by atoms with van der Waals surface area (Å²) in [6.07, 6.45) is -5.09. The van der Waals surface area contributed by atoms with Gasteiger partial charge in [-0.25, -0.2) is 8.93 Å². The second kappa shape index (κ2) is 7.10. The normalized spacial score (nSPS) is 17.0. The highest BCUT2D eigenvalue weighted by Gasteiger charge is 2.56. The van der Waals surface area contributed by atoms with Gasteiger partial charge in [0.2, 0.25) is 0 Å². The van der Waals surface area contributed by atoms with E-state index in [0.717, 1.165) is 0 Å². The smallest absolute Gasteiger partial charge is 0.396 e. The zero-order valence-corrected chi connectivity index (χ0v) is 13.7. The van der Waals surface area contributed by atoms with Crippen molar-refractivity contribution in [1.82, 2.24) is 4.72 Å². The summed E-state index contributed by atoms with van der Waals surface area (Å²) in [7, 11) is -1.91. The molecule has 1 aromatic rings. The van der Waals surface area contributed by atoms with Crippen molar-refractivity contribution >= 4 is 11.0 Å². The molecule has 22 heavy (non-hydrogen) atoms. The Morgan fingerprint density at radius 1 is 1.14 bits per heavy atom. The van der Waals surface area contributed by atoms with Crippen molar-refractivity contribution in [3.63, 3.8) is 0 Å². The lowest BCUT2D eigenvalue weighted by Crippen LogP contribution is -2.57. The largest absolute Gasteiger partial charge is 0.411 e. The monoisotopic (exact) mass is 337 g/mol. The lowest BCUT2D eigenvalue weighted by Gasteiger charge is -2.38. The van der Waals surface area contributed by atoms with Gasteiger partial charge >= 0.3 is 6.18 Å². The number of alkyl halides is 3. The van der Waals surface area contributed by atoms with E-state index in [0.29, 0.717) is 0 Å². The van der Waals surface area contributed by atoms with Crippen molar-refractivity contribution in [2.24, 2.45) is 0 Å². The van der Waals surface area contributed by atoms with Crippen molar-refractivity contribution in [2.45, 2.75) is 50.1 Å². The molecule has 0 aliphatic heterocycles. The highest BCUT2D eigenvalue weighted by Crippen LogP contribution is 2.43. The molecule has 2 atom stereocenters. The SMILES string of the molecule is CC(C)(C)[S@](=O)N[C@@](CCCO)(c1ccccc1)C(F)(F)F. The van der Waals surface area contributed by atoms with Crippen LogP contribution in [-0.4, -0.2) is 26.8 Å². The van der Waals surface area contributed by atoms with E-state index in [9.17, 15) is 17.4 Å². The first-order chi connectivity index (χ1) is 10.0. The van der Waals surface area contributed by atoms with Crippen LogP contribution in [0.2, 0.25) is 0 Å². The number of hydrogen-bond donors (Lipinski definition) is 2. The number of rotatable bonds is 6. The molecule has 126 valence electrons. The van der Waals surface area contributed by atoms with Gasteiger partial charge < -0.3 is 5.11 Å². The molecule has 0 radical (unpaired) electrons. The molecular formula is C15H22F3NO2S. The second-order valence-corrected chi connectivity index (χ2v) is 8.05. The molecule has 0 fully saturated rings. The standard InChI is InChI=1S/C15H22F3NO2S/c1-13(2,3)22(21)19-14(10-7-11-20,15(16,17)18)12-8-5-4-6-9-12/h4-6,8-9,19-20H,7,10-11H2,1-3H3/t14-,22-/m0/s1. The minimum absolute atomic E-state index is 0.00597. The number of aliphatic hydroxyl groups excluding tert-OH is 1. The van der Waals surface area contributed by atoms with Crippen LogP contribution < -0.4 is 4.72 Å². The van der Waals surface area contributed by atoms with Gasteiger partial charge in [0.1, 0.15) is 0 Å². The number of aliphatic hydroxyl groups is 1. The number of hydrogen-bond acceptors (Lipinski definition) is 2. The Kier molecular flexibility index (Phi) is 6.18. The maximum absolute atomic E-state index is 13.9. The van der Waals surface area contributed by atoms with E-state index in [4.69, 9.17) is 5.11 Å². The quantitative estimate of drug-likeness (QED) is 0.837. The molecule has 0 saturated carbocycles. The van der Waals surface area contributed by atoms with Gasteiger partial charge in [-0.15, -0.1) is 0 Å². The molecule has 0 unspecified atom stereocenters. The van der Waals surface area contributed by atoms with Crippen LogP contribution in [0.1, 0.15) is 39.2 Å². The molecule has 0 aliphatic rings. The van der Waals surface area contributed by atoms with E-state index in [1.165, 1.54) is 24.3 Å². The van der Waals surface area contributed by atoms with Crippen LogP contribution in [0.3, 0.4) is 0 Å². The summed E-state index contributed by atoms with van der Waals surface area (Å²) in [5, 5.41) is 8.97. The minimum Gasteiger partial charge on any atom is -0.396 e. The molecule has 1 rings (SSSR count). The van der Waals surface area contributed by atoms with Crippen molar-refractivity contribution in [3.05, 3.63) is 35.9 Å². The van der Waals surface area contributed by atoms with E-state index in [1.807, 2.05) is 0 Å². The van der Waals surface area contributed by atoms with Gasteiger partial charge in [-0.1, -0.05) is 30.3 Å². The van der Waals surface area contributed by atoms with Crippen molar-refractivity contribution in [2.75, 3.05) is 6.61 Å². The third-order valence-corrected chi connectivity index (χ3v) is 4.93. The molecule has 0 amide bonds. The minimum atomic E-state index is -4.65. The fraction of sp³-hybridized carbons (Fsp3) is 0.600. The summed E-state index contributed by atoms with van der Waals surface area (Å²) in [6.45, 7) is 4.45. The van der Waals surface area contributed by atoms with Crippen molar-refractivity contribution in [1.29, 1.82) is 0 Å². The van der Waals surface area contributed by atoms with Crippen molar-refractivity contribution in [3.8, 4) is 0 Å². The van der Waals surface area contributed by atoms with Crippen LogP contribution in [-0.2, 0) is 16.5 Å². The molecule has 7 heteroatoms. The predicted octanol–water partition coefficient (Wildman–Crippen LogP) is 3.27. The van der Waals surface area contributed by atoms with Gasteiger partial charge in [0.05, 0.1) is 15.7 Å². The van der Waals surface area contributed by atoms with Gasteiger partial charge in [0.25, 0.3) is 0 Å².